The lowest BCUT2D eigenvalue weighted by atomic mass is 10.1. The van der Waals surface area contributed by atoms with Crippen LogP contribution in [0.15, 0.2) is 47.4 Å². The van der Waals surface area contributed by atoms with Crippen molar-refractivity contribution in [2.45, 2.75) is 6.54 Å². The van der Waals surface area contributed by atoms with E-state index in [1.165, 1.54) is 16.2 Å². The second-order valence-electron chi connectivity index (χ2n) is 6.28. The molecule has 0 atom stereocenters. The highest BCUT2D eigenvalue weighted by molar-refractivity contribution is 5.94. The van der Waals surface area contributed by atoms with Crippen LogP contribution in [0, 0.1) is 0 Å². The fourth-order valence-electron chi connectivity index (χ4n) is 2.96. The van der Waals surface area contributed by atoms with Crippen LogP contribution in [0.5, 0.6) is 5.75 Å². The number of benzene rings is 1. The summed E-state index contributed by atoms with van der Waals surface area (Å²) >= 11 is 0. The van der Waals surface area contributed by atoms with Crippen molar-refractivity contribution in [1.82, 2.24) is 14.4 Å². The van der Waals surface area contributed by atoms with Gasteiger partial charge in [0, 0.05) is 57.6 Å². The maximum Gasteiger partial charge on any atom is 0.254 e. The highest BCUT2D eigenvalue weighted by Crippen LogP contribution is 2.15. The molecule has 3 rings (SSSR count). The summed E-state index contributed by atoms with van der Waals surface area (Å²) in [7, 11) is 3.34. The normalized spacial score (nSPS) is 15.2. The molecule has 1 saturated heterocycles. The zero-order valence-electron chi connectivity index (χ0n) is 14.6. The number of nitrogens with zero attached hydrogens (tertiary/aromatic N) is 3. The van der Waals surface area contributed by atoms with Crippen molar-refractivity contribution in [3.63, 3.8) is 0 Å². The van der Waals surface area contributed by atoms with Crippen LogP contribution >= 0.6 is 0 Å². The van der Waals surface area contributed by atoms with E-state index in [0.717, 1.165) is 25.4 Å². The Morgan fingerprint density at radius 1 is 1.08 bits per heavy atom. The second-order valence-corrected chi connectivity index (χ2v) is 6.28. The van der Waals surface area contributed by atoms with Crippen LogP contribution in [0.2, 0.25) is 0 Å². The summed E-state index contributed by atoms with van der Waals surface area (Å²) in [4.78, 5) is 28.4. The molecule has 6 heteroatoms. The first kappa shape index (κ1) is 17.2. The van der Waals surface area contributed by atoms with E-state index in [1.54, 1.807) is 26.4 Å². The van der Waals surface area contributed by atoms with Crippen LogP contribution in [0.3, 0.4) is 0 Å². The highest BCUT2D eigenvalue weighted by Gasteiger charge is 2.22. The average Bonchev–Trinajstić information content (AvgIpc) is 2.65. The molecular weight excluding hydrogens is 318 g/mol. The number of carbonyl (C=O) groups excluding carboxylic acids is 1. The third-order valence-corrected chi connectivity index (χ3v) is 4.58. The highest BCUT2D eigenvalue weighted by atomic mass is 16.5. The van der Waals surface area contributed by atoms with Crippen molar-refractivity contribution in [1.29, 1.82) is 0 Å². The Labute approximate surface area is 147 Å². The molecule has 1 amide bonds. The van der Waals surface area contributed by atoms with Gasteiger partial charge in [-0.05, 0) is 23.8 Å². The third kappa shape index (κ3) is 4.09. The van der Waals surface area contributed by atoms with Crippen LogP contribution in [0.1, 0.15) is 15.9 Å². The molecule has 25 heavy (non-hydrogen) atoms. The molecule has 132 valence electrons. The summed E-state index contributed by atoms with van der Waals surface area (Å²) in [6.45, 7) is 3.84. The predicted molar refractivity (Wildman–Crippen MR) is 95.9 cm³/mol. The Kier molecular flexibility index (Phi) is 5.19. The van der Waals surface area contributed by atoms with Crippen LogP contribution in [0.25, 0.3) is 0 Å². The predicted octanol–water partition coefficient (Wildman–Crippen LogP) is 1.35. The molecule has 6 nitrogen and oxygen atoms in total. The average molecular weight is 341 g/mol. The minimum Gasteiger partial charge on any atom is -0.497 e. The van der Waals surface area contributed by atoms with E-state index in [1.807, 2.05) is 17.0 Å². The lowest BCUT2D eigenvalue weighted by Crippen LogP contribution is -2.48. The molecule has 0 bridgehead atoms. The number of aryl methyl sites for hydroxylation is 1. The molecule has 1 aromatic heterocycles. The SMILES string of the molecule is COc1ccc(CN2CCN(C(=O)c3ccn(C)c(=O)c3)CC2)cc1. The number of amides is 1. The largest absolute Gasteiger partial charge is 0.497 e. The van der Waals surface area contributed by atoms with Gasteiger partial charge in [-0.25, -0.2) is 0 Å². The quantitative estimate of drug-likeness (QED) is 0.842. The number of aromatic nitrogens is 1. The molecule has 1 aromatic carbocycles. The third-order valence-electron chi connectivity index (χ3n) is 4.58. The van der Waals surface area contributed by atoms with Crippen molar-refractivity contribution in [3.05, 3.63) is 64.1 Å². The summed E-state index contributed by atoms with van der Waals surface area (Å²) in [6, 6.07) is 11.2. The lowest BCUT2D eigenvalue weighted by molar-refractivity contribution is 0.0628. The molecule has 2 heterocycles. The van der Waals surface area contributed by atoms with E-state index in [2.05, 4.69) is 17.0 Å². The van der Waals surface area contributed by atoms with E-state index >= 15 is 0 Å². The zero-order chi connectivity index (χ0) is 17.8. The number of ether oxygens (including phenoxy) is 1. The van der Waals surface area contributed by atoms with Crippen LogP contribution in [0.4, 0.5) is 0 Å². The summed E-state index contributed by atoms with van der Waals surface area (Å²) in [5, 5.41) is 0. The Bertz CT molecular complexity index is 790. The van der Waals surface area contributed by atoms with Gasteiger partial charge in [-0.3, -0.25) is 14.5 Å². The number of methoxy groups -OCH3 is 1. The Hall–Kier alpha value is -2.60. The summed E-state index contributed by atoms with van der Waals surface area (Å²) in [5.41, 5.74) is 1.53. The molecule has 1 fully saturated rings. The van der Waals surface area contributed by atoms with Gasteiger partial charge in [0.05, 0.1) is 7.11 Å². The van der Waals surface area contributed by atoms with E-state index in [0.29, 0.717) is 18.7 Å². The molecule has 0 unspecified atom stereocenters. The smallest absolute Gasteiger partial charge is 0.254 e. The van der Waals surface area contributed by atoms with Gasteiger partial charge in [0.25, 0.3) is 11.5 Å². The lowest BCUT2D eigenvalue weighted by Gasteiger charge is -2.34. The molecule has 0 spiro atoms. The molecule has 0 aliphatic carbocycles. The summed E-state index contributed by atoms with van der Waals surface area (Å²) < 4.78 is 6.64. The minimum atomic E-state index is -0.163. The van der Waals surface area contributed by atoms with Crippen molar-refractivity contribution >= 4 is 5.91 Å². The van der Waals surface area contributed by atoms with Crippen molar-refractivity contribution in [2.75, 3.05) is 33.3 Å². The first-order valence-corrected chi connectivity index (χ1v) is 8.38. The monoisotopic (exact) mass is 341 g/mol. The van der Waals surface area contributed by atoms with Gasteiger partial charge in [0.2, 0.25) is 0 Å². The molecular formula is C19H23N3O3. The van der Waals surface area contributed by atoms with Crippen LogP contribution < -0.4 is 10.3 Å². The second kappa shape index (κ2) is 7.53. The molecule has 0 saturated carbocycles. The number of carbonyl (C=O) groups is 1. The first-order valence-electron chi connectivity index (χ1n) is 8.38. The molecule has 0 N–H and O–H groups in total. The number of hydrogen-bond donors (Lipinski definition) is 0. The maximum atomic E-state index is 12.5. The van der Waals surface area contributed by atoms with Gasteiger partial charge < -0.3 is 14.2 Å². The standard InChI is InChI=1S/C19H23N3O3/c1-20-8-7-16(13-18(20)23)19(24)22-11-9-21(10-12-22)14-15-3-5-17(25-2)6-4-15/h3-8,13H,9-12,14H2,1-2H3. The van der Waals surface area contributed by atoms with Crippen molar-refractivity contribution in [2.24, 2.45) is 7.05 Å². The Morgan fingerprint density at radius 2 is 1.76 bits per heavy atom. The van der Waals surface area contributed by atoms with Gasteiger partial charge in [-0.1, -0.05) is 12.1 Å². The number of pyridine rings is 1. The number of piperazine rings is 1. The van der Waals surface area contributed by atoms with Gasteiger partial charge >= 0.3 is 0 Å². The fourth-order valence-corrected chi connectivity index (χ4v) is 2.96. The summed E-state index contributed by atoms with van der Waals surface area (Å²) in [6.07, 6.45) is 1.63. The van der Waals surface area contributed by atoms with Gasteiger partial charge in [0.15, 0.2) is 0 Å². The van der Waals surface area contributed by atoms with E-state index in [4.69, 9.17) is 4.74 Å². The number of rotatable bonds is 4. The van der Waals surface area contributed by atoms with Crippen molar-refractivity contribution in [3.8, 4) is 5.75 Å². The van der Waals surface area contributed by atoms with E-state index in [-0.39, 0.29) is 11.5 Å². The molecule has 0 radical (unpaired) electrons. The van der Waals surface area contributed by atoms with E-state index in [9.17, 15) is 9.59 Å². The van der Waals surface area contributed by atoms with Gasteiger partial charge in [-0.2, -0.15) is 0 Å². The molecule has 1 aliphatic heterocycles. The van der Waals surface area contributed by atoms with Gasteiger partial charge in [-0.15, -0.1) is 0 Å². The zero-order valence-corrected chi connectivity index (χ0v) is 14.6. The first-order chi connectivity index (χ1) is 12.1. The van der Waals surface area contributed by atoms with Gasteiger partial charge in [0.1, 0.15) is 5.75 Å². The maximum absolute atomic E-state index is 12.5. The van der Waals surface area contributed by atoms with Crippen LogP contribution in [-0.4, -0.2) is 53.6 Å². The fraction of sp³-hybridized carbons (Fsp3) is 0.368. The van der Waals surface area contributed by atoms with Crippen molar-refractivity contribution < 1.29 is 9.53 Å². The molecule has 2 aromatic rings. The minimum absolute atomic E-state index is 0.0678. The topological polar surface area (TPSA) is 54.8 Å². The Balaban J connectivity index is 1.56. The number of hydrogen-bond acceptors (Lipinski definition) is 4. The Morgan fingerprint density at radius 3 is 2.36 bits per heavy atom. The molecule has 1 aliphatic rings. The van der Waals surface area contributed by atoms with Crippen LogP contribution in [-0.2, 0) is 13.6 Å². The van der Waals surface area contributed by atoms with E-state index < -0.39 is 0 Å². The summed E-state index contributed by atoms with van der Waals surface area (Å²) in [5.74, 6) is 0.787.